The molecule has 7 aromatic carbocycles. The van der Waals surface area contributed by atoms with Gasteiger partial charge >= 0.3 is 0 Å². The summed E-state index contributed by atoms with van der Waals surface area (Å²) < 4.78 is 12.8. The first-order valence-electron chi connectivity index (χ1n) is 18.4. The first-order chi connectivity index (χ1) is 25.8. The standard InChI is InChI=1S/C49H36N2O2/c1-48(2)39-16-10-8-14-33(39)35-21-18-30(24-41(35)48)51(31-19-22-36-34-15-9-11-17-40(34)49(3,4)42(36)25-31)32-20-23-37-38-27-43-46(28-45(38)52-44(37)26-32)53-47(50-43)29-12-6-5-7-13-29/h5-28H,1-4H3. The summed E-state index contributed by atoms with van der Waals surface area (Å²) in [5.41, 5.74) is 17.8. The van der Waals surface area contributed by atoms with E-state index >= 15 is 0 Å². The first-order valence-corrected chi connectivity index (χ1v) is 18.4. The third-order valence-electron chi connectivity index (χ3n) is 11.9. The minimum atomic E-state index is -0.122. The van der Waals surface area contributed by atoms with Crippen LogP contribution in [0, 0.1) is 0 Å². The van der Waals surface area contributed by atoms with Gasteiger partial charge in [-0.25, -0.2) is 4.98 Å². The smallest absolute Gasteiger partial charge is 0.227 e. The fraction of sp³-hybridized carbons (Fsp3) is 0.122. The molecule has 0 fully saturated rings. The molecular formula is C49H36N2O2. The number of aromatic nitrogens is 1. The van der Waals surface area contributed by atoms with E-state index in [1.807, 2.05) is 36.4 Å². The summed E-state index contributed by atoms with van der Waals surface area (Å²) in [6.45, 7) is 9.37. The molecule has 2 heterocycles. The molecule has 2 aromatic heterocycles. The lowest BCUT2D eigenvalue weighted by Crippen LogP contribution is -2.18. The van der Waals surface area contributed by atoms with Crippen molar-refractivity contribution < 1.29 is 8.83 Å². The van der Waals surface area contributed by atoms with Crippen molar-refractivity contribution in [1.29, 1.82) is 0 Å². The molecule has 9 aromatic rings. The van der Waals surface area contributed by atoms with E-state index in [0.717, 1.165) is 50.1 Å². The number of hydrogen-bond acceptors (Lipinski definition) is 4. The van der Waals surface area contributed by atoms with Gasteiger partial charge in [0.1, 0.15) is 16.7 Å². The van der Waals surface area contributed by atoms with Crippen molar-refractivity contribution in [1.82, 2.24) is 4.98 Å². The lowest BCUT2D eigenvalue weighted by Gasteiger charge is -2.29. The van der Waals surface area contributed by atoms with Crippen LogP contribution in [-0.4, -0.2) is 4.98 Å². The van der Waals surface area contributed by atoms with Crippen molar-refractivity contribution in [3.8, 4) is 33.7 Å². The average molecular weight is 685 g/mol. The fourth-order valence-corrected chi connectivity index (χ4v) is 9.14. The quantitative estimate of drug-likeness (QED) is 0.185. The molecule has 0 aliphatic heterocycles. The highest BCUT2D eigenvalue weighted by Crippen LogP contribution is 2.53. The number of nitrogens with zero attached hydrogens (tertiary/aromatic N) is 2. The molecule has 2 aliphatic rings. The highest BCUT2D eigenvalue weighted by atomic mass is 16.4. The van der Waals surface area contributed by atoms with Gasteiger partial charge in [0.2, 0.25) is 5.89 Å². The van der Waals surface area contributed by atoms with Gasteiger partial charge in [-0.05, 0) is 99.1 Å². The van der Waals surface area contributed by atoms with Crippen LogP contribution < -0.4 is 4.90 Å². The summed E-state index contributed by atoms with van der Waals surface area (Å²) in [4.78, 5) is 7.23. The van der Waals surface area contributed by atoms with E-state index in [1.165, 1.54) is 44.5 Å². The summed E-state index contributed by atoms with van der Waals surface area (Å²) in [5.74, 6) is 0.608. The maximum atomic E-state index is 6.62. The van der Waals surface area contributed by atoms with Crippen LogP contribution in [0.25, 0.3) is 66.7 Å². The fourth-order valence-electron chi connectivity index (χ4n) is 9.14. The topological polar surface area (TPSA) is 42.4 Å². The lowest BCUT2D eigenvalue weighted by molar-refractivity contribution is 0.617. The molecule has 0 atom stereocenters. The van der Waals surface area contributed by atoms with E-state index in [2.05, 4.69) is 142 Å². The van der Waals surface area contributed by atoms with Crippen LogP contribution in [0.1, 0.15) is 49.9 Å². The largest absolute Gasteiger partial charge is 0.456 e. The lowest BCUT2D eigenvalue weighted by atomic mass is 9.82. The molecule has 0 bridgehead atoms. The Kier molecular flexibility index (Phi) is 6.04. The van der Waals surface area contributed by atoms with Crippen molar-refractivity contribution >= 4 is 50.1 Å². The van der Waals surface area contributed by atoms with Crippen LogP contribution in [-0.2, 0) is 10.8 Å². The van der Waals surface area contributed by atoms with Gasteiger partial charge < -0.3 is 13.7 Å². The SMILES string of the molecule is CC1(C)c2ccccc2-c2ccc(N(c3ccc4c(c3)C(C)(C)c3ccccc3-4)c3ccc4c(c3)oc3cc5oc(-c6ccccc6)nc5cc34)cc21. The molecule has 0 radical (unpaired) electrons. The van der Waals surface area contributed by atoms with Gasteiger partial charge in [-0.3, -0.25) is 0 Å². The number of hydrogen-bond donors (Lipinski definition) is 0. The van der Waals surface area contributed by atoms with Gasteiger partial charge in [0.05, 0.1) is 0 Å². The molecule has 4 nitrogen and oxygen atoms in total. The minimum Gasteiger partial charge on any atom is -0.456 e. The van der Waals surface area contributed by atoms with Crippen LogP contribution in [0.4, 0.5) is 17.1 Å². The van der Waals surface area contributed by atoms with Crippen molar-refractivity contribution in [3.05, 3.63) is 168 Å². The summed E-state index contributed by atoms with van der Waals surface area (Å²) >= 11 is 0. The van der Waals surface area contributed by atoms with Crippen LogP contribution >= 0.6 is 0 Å². The van der Waals surface area contributed by atoms with Gasteiger partial charge in [0.15, 0.2) is 5.58 Å². The normalized spacial score (nSPS) is 14.7. The molecule has 0 unspecified atom stereocenters. The highest BCUT2D eigenvalue weighted by molar-refractivity contribution is 6.10. The average Bonchev–Trinajstić information content (AvgIpc) is 3.88. The van der Waals surface area contributed by atoms with Crippen LogP contribution in [0.3, 0.4) is 0 Å². The zero-order valence-corrected chi connectivity index (χ0v) is 30.1. The molecule has 2 aliphatic carbocycles. The molecule has 53 heavy (non-hydrogen) atoms. The molecule has 0 saturated carbocycles. The molecule has 0 N–H and O–H groups in total. The number of benzene rings is 7. The van der Waals surface area contributed by atoms with Gasteiger partial charge in [-0.1, -0.05) is 107 Å². The highest BCUT2D eigenvalue weighted by Gasteiger charge is 2.37. The van der Waals surface area contributed by atoms with Crippen molar-refractivity contribution in [2.45, 2.75) is 38.5 Å². The maximum absolute atomic E-state index is 6.62. The number of furan rings is 1. The Morgan fingerprint density at radius 3 is 1.60 bits per heavy atom. The first kappa shape index (κ1) is 30.3. The van der Waals surface area contributed by atoms with E-state index in [4.69, 9.17) is 13.8 Å². The Balaban J connectivity index is 1.08. The molecule has 254 valence electrons. The minimum absolute atomic E-state index is 0.122. The Morgan fingerprint density at radius 2 is 0.962 bits per heavy atom. The molecule has 4 heteroatoms. The second kappa shape index (κ2) is 10.6. The van der Waals surface area contributed by atoms with E-state index < -0.39 is 0 Å². The third kappa shape index (κ3) is 4.27. The Labute approximate surface area is 308 Å². The predicted molar refractivity (Wildman–Crippen MR) is 217 cm³/mol. The number of rotatable bonds is 4. The summed E-state index contributed by atoms with van der Waals surface area (Å²) in [6.07, 6.45) is 0. The summed E-state index contributed by atoms with van der Waals surface area (Å²) in [6, 6.07) is 52.3. The van der Waals surface area contributed by atoms with Gasteiger partial charge in [-0.15, -0.1) is 0 Å². The number of fused-ring (bicyclic) bond motifs is 10. The number of anilines is 3. The summed E-state index contributed by atoms with van der Waals surface area (Å²) in [5, 5.41) is 2.07. The van der Waals surface area contributed by atoms with Crippen LogP contribution in [0.5, 0.6) is 0 Å². The second-order valence-corrected chi connectivity index (χ2v) is 15.6. The van der Waals surface area contributed by atoms with Gasteiger partial charge in [-0.2, -0.15) is 0 Å². The summed E-state index contributed by atoms with van der Waals surface area (Å²) in [7, 11) is 0. The monoisotopic (exact) mass is 684 g/mol. The Bertz CT molecular complexity index is 2860. The molecule has 0 amide bonds. The van der Waals surface area contributed by atoms with Crippen LogP contribution in [0.2, 0.25) is 0 Å². The van der Waals surface area contributed by atoms with E-state index in [9.17, 15) is 0 Å². The number of oxazole rings is 1. The van der Waals surface area contributed by atoms with Crippen molar-refractivity contribution in [2.75, 3.05) is 4.90 Å². The van der Waals surface area contributed by atoms with E-state index in [0.29, 0.717) is 11.5 Å². The van der Waals surface area contributed by atoms with Gasteiger partial charge in [0.25, 0.3) is 0 Å². The maximum Gasteiger partial charge on any atom is 0.227 e. The second-order valence-electron chi connectivity index (χ2n) is 15.6. The molecular weight excluding hydrogens is 649 g/mol. The van der Waals surface area contributed by atoms with Crippen molar-refractivity contribution in [3.63, 3.8) is 0 Å². The van der Waals surface area contributed by atoms with Crippen LogP contribution in [0.15, 0.2) is 154 Å². The Morgan fingerprint density at radius 1 is 0.434 bits per heavy atom. The van der Waals surface area contributed by atoms with E-state index in [-0.39, 0.29) is 10.8 Å². The molecule has 0 spiro atoms. The zero-order valence-electron chi connectivity index (χ0n) is 30.1. The zero-order chi connectivity index (χ0) is 35.6. The third-order valence-corrected chi connectivity index (χ3v) is 11.9. The Hall–Kier alpha value is -6.39. The van der Waals surface area contributed by atoms with Gasteiger partial charge in [0, 0.05) is 56.4 Å². The predicted octanol–water partition coefficient (Wildman–Crippen LogP) is 13.5. The van der Waals surface area contributed by atoms with Crippen molar-refractivity contribution in [2.24, 2.45) is 0 Å². The molecule has 11 rings (SSSR count). The van der Waals surface area contributed by atoms with E-state index in [1.54, 1.807) is 0 Å². The molecule has 0 saturated heterocycles.